The molecule has 1 heterocycles. The van der Waals surface area contributed by atoms with Crippen molar-refractivity contribution in [1.82, 2.24) is 4.90 Å². The number of benzene rings is 1. The quantitative estimate of drug-likeness (QED) is 0.663. The average Bonchev–Trinajstić information content (AvgIpc) is 2.27. The molecule has 0 aliphatic carbocycles. The highest BCUT2D eigenvalue weighted by atomic mass is 35.5. The van der Waals surface area contributed by atoms with Gasteiger partial charge in [-0.15, -0.1) is 0 Å². The van der Waals surface area contributed by atoms with Crippen molar-refractivity contribution in [2.24, 2.45) is 5.92 Å². The van der Waals surface area contributed by atoms with Gasteiger partial charge >= 0.3 is 0 Å². The third kappa shape index (κ3) is 2.16. The van der Waals surface area contributed by atoms with Crippen LogP contribution in [0.15, 0.2) is 18.2 Å². The molecular formula is C11H11ClN2O4. The monoisotopic (exact) mass is 270 g/mol. The largest absolute Gasteiger partial charge is 0.396 e. The number of nitro benzene ring substituents is 1. The number of aliphatic hydroxyl groups excluding tert-OH is 1. The van der Waals surface area contributed by atoms with Crippen molar-refractivity contribution in [1.29, 1.82) is 0 Å². The molecule has 1 aromatic carbocycles. The Kier molecular flexibility index (Phi) is 3.49. The van der Waals surface area contributed by atoms with Gasteiger partial charge in [0.05, 0.1) is 10.5 Å². The van der Waals surface area contributed by atoms with Crippen molar-refractivity contribution in [3.05, 3.63) is 38.9 Å². The third-order valence-corrected chi connectivity index (χ3v) is 3.31. The number of nitrogens with zero attached hydrogens (tertiary/aromatic N) is 2. The molecule has 0 saturated carbocycles. The van der Waals surface area contributed by atoms with E-state index in [-0.39, 0.29) is 34.7 Å². The molecule has 0 radical (unpaired) electrons. The molecule has 1 aromatic rings. The van der Waals surface area contributed by atoms with Crippen LogP contribution in [0.25, 0.3) is 0 Å². The lowest BCUT2D eigenvalue weighted by atomic mass is 10.00. The van der Waals surface area contributed by atoms with E-state index in [0.29, 0.717) is 13.1 Å². The van der Waals surface area contributed by atoms with E-state index in [1.807, 2.05) is 0 Å². The van der Waals surface area contributed by atoms with Gasteiger partial charge in [0.2, 0.25) is 0 Å². The Morgan fingerprint density at radius 2 is 2.22 bits per heavy atom. The van der Waals surface area contributed by atoms with Crippen molar-refractivity contribution >= 4 is 23.2 Å². The van der Waals surface area contributed by atoms with Crippen LogP contribution >= 0.6 is 11.6 Å². The van der Waals surface area contributed by atoms with E-state index in [1.165, 1.54) is 23.1 Å². The van der Waals surface area contributed by atoms with Crippen LogP contribution in [0.3, 0.4) is 0 Å². The van der Waals surface area contributed by atoms with Crippen LogP contribution in [0.2, 0.25) is 5.02 Å². The SMILES string of the molecule is O=C(c1cccc([N+](=O)[O-])c1Cl)N1CC(CO)C1. The second kappa shape index (κ2) is 4.91. The van der Waals surface area contributed by atoms with Crippen molar-refractivity contribution in [3.63, 3.8) is 0 Å². The Morgan fingerprint density at radius 1 is 1.56 bits per heavy atom. The first-order chi connectivity index (χ1) is 8.54. The molecule has 0 aromatic heterocycles. The topological polar surface area (TPSA) is 83.7 Å². The molecule has 1 aliphatic heterocycles. The van der Waals surface area contributed by atoms with Crippen LogP contribution in [-0.4, -0.2) is 40.5 Å². The summed E-state index contributed by atoms with van der Waals surface area (Å²) in [6.45, 7) is 0.940. The predicted molar refractivity (Wildman–Crippen MR) is 64.6 cm³/mol. The first-order valence-corrected chi connectivity index (χ1v) is 5.75. The second-order valence-electron chi connectivity index (χ2n) is 4.15. The van der Waals surface area contributed by atoms with Crippen LogP contribution < -0.4 is 0 Å². The van der Waals surface area contributed by atoms with Gasteiger partial charge in [-0.2, -0.15) is 0 Å². The van der Waals surface area contributed by atoms with Gasteiger partial charge < -0.3 is 10.0 Å². The summed E-state index contributed by atoms with van der Waals surface area (Å²) in [5, 5.41) is 19.4. The van der Waals surface area contributed by atoms with Gasteiger partial charge in [0.15, 0.2) is 0 Å². The molecule has 0 unspecified atom stereocenters. The van der Waals surface area contributed by atoms with Crippen LogP contribution in [0.5, 0.6) is 0 Å². The van der Waals surface area contributed by atoms with E-state index in [4.69, 9.17) is 16.7 Å². The van der Waals surface area contributed by atoms with E-state index < -0.39 is 4.92 Å². The molecule has 2 rings (SSSR count). The van der Waals surface area contributed by atoms with Gasteiger partial charge in [-0.05, 0) is 6.07 Å². The van der Waals surface area contributed by atoms with Crippen LogP contribution in [0.4, 0.5) is 5.69 Å². The van der Waals surface area contributed by atoms with Crippen LogP contribution in [0.1, 0.15) is 10.4 Å². The molecule has 1 saturated heterocycles. The molecule has 0 atom stereocenters. The maximum Gasteiger partial charge on any atom is 0.288 e. The zero-order chi connectivity index (χ0) is 13.3. The fourth-order valence-corrected chi connectivity index (χ4v) is 2.12. The van der Waals surface area contributed by atoms with Crippen molar-refractivity contribution in [2.45, 2.75) is 0 Å². The standard InChI is InChI=1S/C11H11ClN2O4/c12-10-8(2-1-3-9(10)14(17)18)11(16)13-4-7(5-13)6-15/h1-3,7,15H,4-6H2. The van der Waals surface area contributed by atoms with E-state index in [9.17, 15) is 14.9 Å². The number of hydrogen-bond donors (Lipinski definition) is 1. The summed E-state index contributed by atoms with van der Waals surface area (Å²) in [7, 11) is 0. The van der Waals surface area contributed by atoms with Crippen molar-refractivity contribution in [2.75, 3.05) is 19.7 Å². The molecule has 1 fully saturated rings. The fourth-order valence-electron chi connectivity index (χ4n) is 1.85. The van der Waals surface area contributed by atoms with E-state index in [0.717, 1.165) is 0 Å². The van der Waals surface area contributed by atoms with E-state index >= 15 is 0 Å². The summed E-state index contributed by atoms with van der Waals surface area (Å²) >= 11 is 5.86. The average molecular weight is 271 g/mol. The first-order valence-electron chi connectivity index (χ1n) is 5.37. The molecule has 0 bridgehead atoms. The number of carbonyl (C=O) groups is 1. The summed E-state index contributed by atoms with van der Waals surface area (Å²) < 4.78 is 0. The molecule has 7 heteroatoms. The number of likely N-dealkylation sites (tertiary alicyclic amines) is 1. The lowest BCUT2D eigenvalue weighted by Gasteiger charge is -2.38. The van der Waals surface area contributed by atoms with Gasteiger partial charge in [-0.25, -0.2) is 0 Å². The minimum atomic E-state index is -0.619. The summed E-state index contributed by atoms with van der Waals surface area (Å²) in [5.41, 5.74) is -0.149. The van der Waals surface area contributed by atoms with Gasteiger partial charge in [0.25, 0.3) is 11.6 Å². The number of hydrogen-bond acceptors (Lipinski definition) is 4. The summed E-state index contributed by atoms with van der Waals surface area (Å²) in [6, 6.07) is 4.15. The van der Waals surface area contributed by atoms with Gasteiger partial charge in [-0.3, -0.25) is 14.9 Å². The molecule has 96 valence electrons. The Hall–Kier alpha value is -1.66. The first kappa shape index (κ1) is 12.8. The molecule has 1 N–H and O–H groups in total. The summed E-state index contributed by atoms with van der Waals surface area (Å²) in [4.78, 5) is 23.6. The minimum Gasteiger partial charge on any atom is -0.396 e. The highest BCUT2D eigenvalue weighted by Gasteiger charge is 2.32. The number of nitro groups is 1. The normalized spacial score (nSPS) is 15.3. The van der Waals surface area contributed by atoms with Gasteiger partial charge in [-0.1, -0.05) is 17.7 Å². The Morgan fingerprint density at radius 3 is 2.78 bits per heavy atom. The Bertz CT molecular complexity index is 500. The lowest BCUT2D eigenvalue weighted by Crippen LogP contribution is -2.51. The molecule has 0 spiro atoms. The molecule has 6 nitrogen and oxygen atoms in total. The maximum atomic E-state index is 12.0. The predicted octanol–water partition coefficient (Wildman–Crippen LogP) is 1.31. The zero-order valence-electron chi connectivity index (χ0n) is 9.38. The molecular weight excluding hydrogens is 260 g/mol. The third-order valence-electron chi connectivity index (χ3n) is 2.91. The fraction of sp³-hybridized carbons (Fsp3) is 0.364. The Labute approximate surface area is 108 Å². The van der Waals surface area contributed by atoms with Crippen molar-refractivity contribution < 1.29 is 14.8 Å². The van der Waals surface area contributed by atoms with Crippen molar-refractivity contribution in [3.8, 4) is 0 Å². The summed E-state index contributed by atoms with van der Waals surface area (Å²) in [5.74, 6) is -0.250. The maximum absolute atomic E-state index is 12.0. The number of amides is 1. The van der Waals surface area contributed by atoms with E-state index in [2.05, 4.69) is 0 Å². The minimum absolute atomic E-state index is 0.0342. The number of carbonyl (C=O) groups excluding carboxylic acids is 1. The van der Waals surface area contributed by atoms with Gasteiger partial charge in [0.1, 0.15) is 5.02 Å². The number of rotatable bonds is 3. The van der Waals surface area contributed by atoms with Gasteiger partial charge in [0, 0.05) is 31.7 Å². The number of halogens is 1. The molecule has 1 aliphatic rings. The van der Waals surface area contributed by atoms with Crippen LogP contribution in [0, 0.1) is 16.0 Å². The Balaban J connectivity index is 2.21. The highest BCUT2D eigenvalue weighted by Crippen LogP contribution is 2.30. The second-order valence-corrected chi connectivity index (χ2v) is 4.53. The lowest BCUT2D eigenvalue weighted by molar-refractivity contribution is -0.384. The summed E-state index contributed by atoms with van der Waals surface area (Å²) in [6.07, 6.45) is 0. The van der Waals surface area contributed by atoms with E-state index in [1.54, 1.807) is 0 Å². The smallest absolute Gasteiger partial charge is 0.288 e. The molecule has 1 amide bonds. The van der Waals surface area contributed by atoms with Crippen LogP contribution in [-0.2, 0) is 0 Å². The molecule has 18 heavy (non-hydrogen) atoms. The highest BCUT2D eigenvalue weighted by molar-refractivity contribution is 6.35. The number of aliphatic hydroxyl groups is 1. The zero-order valence-corrected chi connectivity index (χ0v) is 10.1.